The first-order valence-corrected chi connectivity index (χ1v) is 6.72. The van der Waals surface area contributed by atoms with E-state index in [4.69, 9.17) is 4.74 Å². The highest BCUT2D eigenvalue weighted by Crippen LogP contribution is 2.41. The number of ether oxygens (including phenoxy) is 1. The average Bonchev–Trinajstić information content (AvgIpc) is 3.14. The average molecular weight is 270 g/mol. The number of hydrogen-bond donors (Lipinski definition) is 1. The van der Waals surface area contributed by atoms with Crippen molar-refractivity contribution in [2.45, 2.75) is 18.2 Å². The largest absolute Gasteiger partial charge is 0.347 e. The Morgan fingerprint density at radius 2 is 2.05 bits per heavy atom. The van der Waals surface area contributed by atoms with Crippen LogP contribution < -0.4 is 10.2 Å². The fourth-order valence-corrected chi connectivity index (χ4v) is 3.22. The van der Waals surface area contributed by atoms with Crippen molar-refractivity contribution < 1.29 is 14.3 Å². The second-order valence-electron chi connectivity index (χ2n) is 5.39. The second kappa shape index (κ2) is 4.01. The molecule has 0 aromatic heterocycles. The van der Waals surface area contributed by atoms with Gasteiger partial charge in [0.05, 0.1) is 11.6 Å². The molecule has 3 atom stereocenters. The number of imide groups is 1. The summed E-state index contributed by atoms with van der Waals surface area (Å²) in [6.07, 6.45) is 3.92. The van der Waals surface area contributed by atoms with Gasteiger partial charge in [0.25, 0.3) is 0 Å². The summed E-state index contributed by atoms with van der Waals surface area (Å²) in [6, 6.07) is 9.05. The summed E-state index contributed by atoms with van der Waals surface area (Å²) < 4.78 is 5.82. The maximum atomic E-state index is 12.6. The molecule has 0 saturated carbocycles. The number of carbonyl (C=O) groups is 2. The Hall–Kier alpha value is -1.98. The summed E-state index contributed by atoms with van der Waals surface area (Å²) >= 11 is 0. The van der Waals surface area contributed by atoms with E-state index in [0.717, 1.165) is 0 Å². The third kappa shape index (κ3) is 1.50. The lowest BCUT2D eigenvalue weighted by Crippen LogP contribution is -2.44. The number of carbonyl (C=O) groups excluding carboxylic acids is 2. The van der Waals surface area contributed by atoms with E-state index >= 15 is 0 Å². The van der Waals surface area contributed by atoms with Crippen molar-refractivity contribution in [3.63, 3.8) is 0 Å². The first-order chi connectivity index (χ1) is 9.70. The molecule has 1 aromatic rings. The van der Waals surface area contributed by atoms with Gasteiger partial charge < -0.3 is 4.74 Å². The van der Waals surface area contributed by atoms with Gasteiger partial charge in [0.2, 0.25) is 11.8 Å². The first-order valence-electron chi connectivity index (χ1n) is 6.72. The highest BCUT2D eigenvalue weighted by Gasteiger charge is 2.56. The number of nitrogens with zero attached hydrogens (tertiary/aromatic N) is 1. The SMILES string of the molecule is O=C1CC(C23C=CC(NC2)O3)C(=O)N1c1ccccc1. The highest BCUT2D eigenvalue weighted by atomic mass is 16.5. The molecule has 20 heavy (non-hydrogen) atoms. The molecule has 2 amide bonds. The van der Waals surface area contributed by atoms with Crippen LogP contribution in [0.3, 0.4) is 0 Å². The third-order valence-electron chi connectivity index (χ3n) is 4.23. The lowest BCUT2D eigenvalue weighted by Gasteiger charge is -2.27. The molecule has 3 aliphatic heterocycles. The van der Waals surface area contributed by atoms with Gasteiger partial charge >= 0.3 is 0 Å². The van der Waals surface area contributed by atoms with Crippen molar-refractivity contribution in [3.05, 3.63) is 42.5 Å². The topological polar surface area (TPSA) is 58.6 Å². The number of benzene rings is 1. The van der Waals surface area contributed by atoms with Crippen LogP contribution in [0.25, 0.3) is 0 Å². The van der Waals surface area contributed by atoms with E-state index in [0.29, 0.717) is 12.2 Å². The number of hydrogen-bond acceptors (Lipinski definition) is 4. The van der Waals surface area contributed by atoms with Gasteiger partial charge in [0.1, 0.15) is 11.8 Å². The monoisotopic (exact) mass is 270 g/mol. The van der Waals surface area contributed by atoms with E-state index in [2.05, 4.69) is 5.32 Å². The van der Waals surface area contributed by atoms with Gasteiger partial charge in [-0.2, -0.15) is 0 Å². The molecule has 2 bridgehead atoms. The third-order valence-corrected chi connectivity index (χ3v) is 4.23. The fourth-order valence-electron chi connectivity index (χ4n) is 3.22. The van der Waals surface area contributed by atoms with Gasteiger partial charge in [0.15, 0.2) is 0 Å². The van der Waals surface area contributed by atoms with Crippen LogP contribution in [0, 0.1) is 5.92 Å². The Labute approximate surface area is 116 Å². The van der Waals surface area contributed by atoms with Crippen molar-refractivity contribution >= 4 is 17.5 Å². The molecule has 2 saturated heterocycles. The predicted octanol–water partition coefficient (Wildman–Crippen LogP) is 0.821. The van der Waals surface area contributed by atoms with Crippen LogP contribution in [0.15, 0.2) is 42.5 Å². The zero-order valence-electron chi connectivity index (χ0n) is 10.8. The Kier molecular flexibility index (Phi) is 2.37. The number of fused-ring (bicyclic) bond motifs is 2. The Morgan fingerprint density at radius 1 is 1.25 bits per heavy atom. The molecule has 1 N–H and O–H groups in total. The molecule has 0 aliphatic carbocycles. The smallest absolute Gasteiger partial charge is 0.240 e. The highest BCUT2D eigenvalue weighted by molar-refractivity contribution is 6.21. The van der Waals surface area contributed by atoms with Crippen LogP contribution >= 0.6 is 0 Å². The minimum Gasteiger partial charge on any atom is -0.347 e. The van der Waals surface area contributed by atoms with E-state index in [1.807, 2.05) is 30.4 Å². The molecule has 2 fully saturated rings. The minimum absolute atomic E-state index is 0.122. The van der Waals surface area contributed by atoms with Gasteiger partial charge in [-0.1, -0.05) is 24.3 Å². The van der Waals surface area contributed by atoms with E-state index in [-0.39, 0.29) is 24.5 Å². The van der Waals surface area contributed by atoms with E-state index in [1.165, 1.54) is 4.90 Å². The number of amides is 2. The Bertz CT molecular complexity index is 613. The van der Waals surface area contributed by atoms with Crippen LogP contribution in [0.5, 0.6) is 0 Å². The molecule has 0 radical (unpaired) electrons. The Morgan fingerprint density at radius 3 is 2.65 bits per heavy atom. The van der Waals surface area contributed by atoms with Crippen LogP contribution in [0.2, 0.25) is 0 Å². The van der Waals surface area contributed by atoms with Crippen molar-refractivity contribution in [1.29, 1.82) is 0 Å². The zero-order valence-corrected chi connectivity index (χ0v) is 10.8. The number of rotatable bonds is 2. The van der Waals surface area contributed by atoms with Crippen LogP contribution in [-0.4, -0.2) is 30.2 Å². The summed E-state index contributed by atoms with van der Waals surface area (Å²) in [6.45, 7) is 0.584. The summed E-state index contributed by atoms with van der Waals surface area (Å²) in [5.74, 6) is -0.769. The van der Waals surface area contributed by atoms with Crippen molar-refractivity contribution in [3.8, 4) is 0 Å². The van der Waals surface area contributed by atoms with Crippen molar-refractivity contribution in [2.75, 3.05) is 11.4 Å². The van der Waals surface area contributed by atoms with Gasteiger partial charge in [-0.05, 0) is 18.2 Å². The van der Waals surface area contributed by atoms with Gasteiger partial charge in [0, 0.05) is 13.0 Å². The second-order valence-corrected chi connectivity index (χ2v) is 5.39. The Balaban J connectivity index is 1.68. The molecule has 1 aromatic carbocycles. The lowest BCUT2D eigenvalue weighted by molar-refractivity contribution is -0.126. The normalized spacial score (nSPS) is 35.3. The van der Waals surface area contributed by atoms with E-state index in [1.54, 1.807) is 12.1 Å². The van der Waals surface area contributed by atoms with Gasteiger partial charge in [-0.15, -0.1) is 0 Å². The fraction of sp³-hybridized carbons (Fsp3) is 0.333. The number of anilines is 1. The maximum Gasteiger partial charge on any atom is 0.240 e. The molecular formula is C15H14N2O3. The molecule has 4 rings (SSSR count). The number of para-hydroxylation sites is 1. The van der Waals surface area contributed by atoms with Gasteiger partial charge in [-0.3, -0.25) is 19.8 Å². The molecule has 5 nitrogen and oxygen atoms in total. The zero-order chi connectivity index (χ0) is 13.7. The molecule has 102 valence electrons. The standard InChI is InChI=1S/C15H14N2O3/c18-13-8-11(15-7-6-12(20-15)16-9-15)14(19)17(13)10-4-2-1-3-5-10/h1-7,11-12,16H,8-9H2. The predicted molar refractivity (Wildman–Crippen MR) is 71.8 cm³/mol. The maximum absolute atomic E-state index is 12.6. The van der Waals surface area contributed by atoms with E-state index < -0.39 is 11.5 Å². The van der Waals surface area contributed by atoms with Crippen LogP contribution in [0.1, 0.15) is 6.42 Å². The van der Waals surface area contributed by atoms with E-state index in [9.17, 15) is 9.59 Å². The van der Waals surface area contributed by atoms with Crippen molar-refractivity contribution in [2.24, 2.45) is 5.92 Å². The molecule has 3 unspecified atom stereocenters. The first kappa shape index (κ1) is 11.8. The summed E-state index contributed by atoms with van der Waals surface area (Å²) in [7, 11) is 0. The molecule has 3 aliphatic rings. The summed E-state index contributed by atoms with van der Waals surface area (Å²) in [4.78, 5) is 26.2. The van der Waals surface area contributed by atoms with Crippen molar-refractivity contribution in [1.82, 2.24) is 5.32 Å². The number of nitrogens with one attached hydrogen (secondary N) is 1. The molecule has 0 spiro atoms. The van der Waals surface area contributed by atoms with Crippen LogP contribution in [0.4, 0.5) is 5.69 Å². The summed E-state index contributed by atoms with van der Waals surface area (Å²) in [5.41, 5.74) is -0.0214. The van der Waals surface area contributed by atoms with Gasteiger partial charge in [-0.25, -0.2) is 0 Å². The molecule has 5 heteroatoms. The molecule has 3 heterocycles. The quantitative estimate of drug-likeness (QED) is 0.638. The lowest BCUT2D eigenvalue weighted by atomic mass is 9.85. The summed E-state index contributed by atoms with van der Waals surface area (Å²) in [5, 5.41) is 3.17. The van der Waals surface area contributed by atoms with Crippen LogP contribution in [-0.2, 0) is 14.3 Å². The minimum atomic E-state index is -0.652. The molecular weight excluding hydrogens is 256 g/mol.